The van der Waals surface area contributed by atoms with Gasteiger partial charge in [-0.2, -0.15) is 0 Å². The summed E-state index contributed by atoms with van der Waals surface area (Å²) in [5, 5.41) is 8.72. The molecular formula is C22H22FN3O2S. The molecule has 29 heavy (non-hydrogen) atoms. The zero-order valence-corrected chi connectivity index (χ0v) is 17.2. The van der Waals surface area contributed by atoms with E-state index < -0.39 is 0 Å². The van der Waals surface area contributed by atoms with Crippen LogP contribution in [0.25, 0.3) is 0 Å². The Labute approximate surface area is 173 Å². The number of carbonyl (C=O) groups is 1. The molecule has 0 aliphatic carbocycles. The average molecular weight is 412 g/mol. The molecule has 1 heterocycles. The van der Waals surface area contributed by atoms with Crippen molar-refractivity contribution < 1.29 is 13.9 Å². The molecule has 3 aromatic rings. The molecule has 2 aromatic carbocycles. The predicted molar refractivity (Wildman–Crippen MR) is 112 cm³/mol. The molecule has 0 radical (unpaired) electrons. The Morgan fingerprint density at radius 2 is 1.90 bits per heavy atom. The highest BCUT2D eigenvalue weighted by Gasteiger charge is 2.21. The van der Waals surface area contributed by atoms with Gasteiger partial charge in [-0.1, -0.05) is 47.7 Å². The van der Waals surface area contributed by atoms with Gasteiger partial charge in [0, 0.05) is 12.1 Å². The summed E-state index contributed by atoms with van der Waals surface area (Å²) in [7, 11) is 0. The van der Waals surface area contributed by atoms with E-state index in [9.17, 15) is 9.18 Å². The number of rotatable bonds is 9. The van der Waals surface area contributed by atoms with E-state index in [-0.39, 0.29) is 23.5 Å². The van der Waals surface area contributed by atoms with E-state index in [0.29, 0.717) is 28.8 Å². The van der Waals surface area contributed by atoms with Crippen LogP contribution in [0, 0.1) is 12.7 Å². The van der Waals surface area contributed by atoms with Crippen LogP contribution in [0.5, 0.6) is 5.75 Å². The molecule has 0 aliphatic heterocycles. The van der Waals surface area contributed by atoms with Gasteiger partial charge >= 0.3 is 0 Å². The molecule has 3 rings (SSSR count). The molecule has 1 atom stereocenters. The van der Waals surface area contributed by atoms with Gasteiger partial charge < -0.3 is 4.74 Å². The minimum atomic E-state index is -0.323. The molecule has 0 fully saturated rings. The summed E-state index contributed by atoms with van der Waals surface area (Å²) in [4.78, 5) is 12.7. The van der Waals surface area contributed by atoms with Crippen LogP contribution in [0.3, 0.4) is 0 Å². The first-order valence-electron chi connectivity index (χ1n) is 9.17. The standard InChI is InChI=1S/C22H22FN3O2S/c1-4-13-26-20(14-28-19-11-9-18(23)10-12-19)24-25-22(26)29-16(3)21(27)17-7-5-15(2)6-8-17/h4-12,16H,1,13-14H2,2-3H3. The fourth-order valence-electron chi connectivity index (χ4n) is 2.67. The SMILES string of the molecule is C=CCn1c(COc2ccc(F)cc2)nnc1SC(C)C(=O)c1ccc(C)cc1. The van der Waals surface area contributed by atoms with Gasteiger partial charge in [-0.05, 0) is 38.1 Å². The number of thioether (sulfide) groups is 1. The van der Waals surface area contributed by atoms with Gasteiger partial charge in [0.1, 0.15) is 18.2 Å². The second-order valence-electron chi connectivity index (χ2n) is 6.53. The van der Waals surface area contributed by atoms with E-state index in [1.54, 1.807) is 18.2 Å². The molecule has 0 saturated heterocycles. The molecule has 1 aromatic heterocycles. The summed E-state index contributed by atoms with van der Waals surface area (Å²) in [5.74, 6) is 0.855. The maximum atomic E-state index is 13.0. The van der Waals surface area contributed by atoms with Crippen LogP contribution < -0.4 is 4.74 Å². The number of aryl methyl sites for hydroxylation is 1. The lowest BCUT2D eigenvalue weighted by Gasteiger charge is -2.12. The van der Waals surface area contributed by atoms with E-state index in [4.69, 9.17) is 4.74 Å². The third kappa shape index (κ3) is 5.32. The fourth-order valence-corrected chi connectivity index (χ4v) is 3.62. The number of carbonyl (C=O) groups excluding carboxylic acids is 1. The van der Waals surface area contributed by atoms with Crippen LogP contribution in [0.2, 0.25) is 0 Å². The minimum absolute atomic E-state index is 0.0345. The number of Topliss-reactive ketones (excluding diaryl/α,β-unsaturated/α-hetero) is 1. The first-order valence-corrected chi connectivity index (χ1v) is 10.0. The van der Waals surface area contributed by atoms with E-state index in [2.05, 4.69) is 16.8 Å². The second-order valence-corrected chi connectivity index (χ2v) is 7.84. The zero-order chi connectivity index (χ0) is 20.8. The van der Waals surface area contributed by atoms with Gasteiger partial charge in [0.2, 0.25) is 0 Å². The van der Waals surface area contributed by atoms with Crippen molar-refractivity contribution in [3.8, 4) is 5.75 Å². The Morgan fingerprint density at radius 1 is 1.21 bits per heavy atom. The first kappa shape index (κ1) is 20.8. The normalized spacial score (nSPS) is 11.8. The summed E-state index contributed by atoms with van der Waals surface area (Å²) in [6, 6.07) is 13.3. The van der Waals surface area contributed by atoms with Crippen LogP contribution in [0.1, 0.15) is 28.7 Å². The quantitative estimate of drug-likeness (QED) is 0.286. The van der Waals surface area contributed by atoms with Crippen LogP contribution in [-0.2, 0) is 13.2 Å². The van der Waals surface area contributed by atoms with Gasteiger partial charge in [-0.25, -0.2) is 4.39 Å². The number of allylic oxidation sites excluding steroid dienone is 1. The molecule has 0 saturated carbocycles. The fraction of sp³-hybridized carbons (Fsp3) is 0.227. The number of ketones is 1. The number of aromatic nitrogens is 3. The Balaban J connectivity index is 1.71. The maximum Gasteiger partial charge on any atom is 0.192 e. The van der Waals surface area contributed by atoms with Crippen molar-refractivity contribution in [3.63, 3.8) is 0 Å². The highest BCUT2D eigenvalue weighted by atomic mass is 32.2. The molecule has 0 spiro atoms. The van der Waals surface area contributed by atoms with Crippen molar-refractivity contribution in [1.82, 2.24) is 14.8 Å². The molecule has 0 aliphatic rings. The Morgan fingerprint density at radius 3 is 2.55 bits per heavy atom. The van der Waals surface area contributed by atoms with E-state index in [0.717, 1.165) is 5.56 Å². The number of hydrogen-bond acceptors (Lipinski definition) is 5. The van der Waals surface area contributed by atoms with Crippen LogP contribution in [-0.4, -0.2) is 25.8 Å². The largest absolute Gasteiger partial charge is 0.486 e. The monoisotopic (exact) mass is 411 g/mol. The molecule has 5 nitrogen and oxygen atoms in total. The number of halogens is 1. The number of nitrogens with zero attached hydrogens (tertiary/aromatic N) is 3. The summed E-state index contributed by atoms with van der Waals surface area (Å²) >= 11 is 1.35. The van der Waals surface area contributed by atoms with Crippen molar-refractivity contribution >= 4 is 17.5 Å². The van der Waals surface area contributed by atoms with Crippen molar-refractivity contribution in [2.45, 2.75) is 37.4 Å². The van der Waals surface area contributed by atoms with Crippen molar-refractivity contribution in [3.05, 3.63) is 84.0 Å². The van der Waals surface area contributed by atoms with Gasteiger partial charge in [-0.3, -0.25) is 9.36 Å². The van der Waals surface area contributed by atoms with Crippen LogP contribution in [0.4, 0.5) is 4.39 Å². The molecule has 7 heteroatoms. The van der Waals surface area contributed by atoms with E-state index >= 15 is 0 Å². The van der Waals surface area contributed by atoms with Gasteiger partial charge in [0.05, 0.1) is 5.25 Å². The summed E-state index contributed by atoms with van der Waals surface area (Å²) < 4.78 is 20.6. The lowest BCUT2D eigenvalue weighted by atomic mass is 10.1. The predicted octanol–water partition coefficient (Wildman–Crippen LogP) is 4.85. The number of hydrogen-bond donors (Lipinski definition) is 0. The Bertz CT molecular complexity index is 984. The van der Waals surface area contributed by atoms with Gasteiger partial charge in [0.15, 0.2) is 16.8 Å². The molecule has 1 unspecified atom stereocenters. The third-order valence-electron chi connectivity index (χ3n) is 4.27. The highest BCUT2D eigenvalue weighted by Crippen LogP contribution is 2.26. The Hall–Kier alpha value is -2.93. The molecule has 0 bridgehead atoms. The first-order chi connectivity index (χ1) is 14.0. The smallest absolute Gasteiger partial charge is 0.192 e. The summed E-state index contributed by atoms with van der Waals surface area (Å²) in [6.45, 7) is 8.29. The third-order valence-corrected chi connectivity index (χ3v) is 5.35. The maximum absolute atomic E-state index is 13.0. The Kier molecular flexibility index (Phi) is 6.82. The molecule has 0 amide bonds. The average Bonchev–Trinajstić information content (AvgIpc) is 3.09. The topological polar surface area (TPSA) is 57.0 Å². The second kappa shape index (κ2) is 9.52. The summed E-state index contributed by atoms with van der Waals surface area (Å²) in [5.41, 5.74) is 1.78. The van der Waals surface area contributed by atoms with Crippen molar-refractivity contribution in [2.75, 3.05) is 0 Å². The molecule has 0 N–H and O–H groups in total. The van der Waals surface area contributed by atoms with Gasteiger partial charge in [-0.15, -0.1) is 16.8 Å². The van der Waals surface area contributed by atoms with Crippen LogP contribution in [0.15, 0.2) is 66.3 Å². The lowest BCUT2D eigenvalue weighted by Crippen LogP contribution is -2.15. The number of ether oxygens (including phenoxy) is 1. The minimum Gasteiger partial charge on any atom is -0.486 e. The molecule has 150 valence electrons. The molecular weight excluding hydrogens is 389 g/mol. The van der Waals surface area contributed by atoms with Crippen LogP contribution >= 0.6 is 11.8 Å². The highest BCUT2D eigenvalue weighted by molar-refractivity contribution is 8.00. The van der Waals surface area contributed by atoms with E-state index in [1.165, 1.54) is 23.9 Å². The summed E-state index contributed by atoms with van der Waals surface area (Å²) in [6.07, 6.45) is 1.74. The van der Waals surface area contributed by atoms with Gasteiger partial charge in [0.25, 0.3) is 0 Å². The van der Waals surface area contributed by atoms with Crippen molar-refractivity contribution in [2.24, 2.45) is 0 Å². The number of benzene rings is 2. The lowest BCUT2D eigenvalue weighted by molar-refractivity contribution is 0.0994. The van der Waals surface area contributed by atoms with E-state index in [1.807, 2.05) is 42.7 Å². The van der Waals surface area contributed by atoms with Crippen molar-refractivity contribution in [1.29, 1.82) is 0 Å². The zero-order valence-electron chi connectivity index (χ0n) is 16.3.